The summed E-state index contributed by atoms with van der Waals surface area (Å²) in [5, 5.41) is 2.69. The number of amides is 2. The van der Waals surface area contributed by atoms with Crippen molar-refractivity contribution in [3.63, 3.8) is 0 Å². The molecule has 1 N–H and O–H groups in total. The van der Waals surface area contributed by atoms with Crippen molar-refractivity contribution in [2.24, 2.45) is 5.92 Å². The van der Waals surface area contributed by atoms with Crippen molar-refractivity contribution in [3.05, 3.63) is 54.0 Å². The van der Waals surface area contributed by atoms with Crippen LogP contribution in [0.1, 0.15) is 17.7 Å². The highest BCUT2D eigenvalue weighted by molar-refractivity contribution is 6.00. The quantitative estimate of drug-likeness (QED) is 0.920. The SMILES string of the molecule is O=C(NCc1ccco1)C1CC(=O)N(c2ccc(C(F)(F)F)cc2)C1. The molecule has 8 heteroatoms. The van der Waals surface area contributed by atoms with Crippen LogP contribution in [0.25, 0.3) is 0 Å². The molecule has 2 heterocycles. The van der Waals surface area contributed by atoms with Crippen LogP contribution in [0, 0.1) is 5.92 Å². The smallest absolute Gasteiger partial charge is 0.416 e. The zero-order valence-corrected chi connectivity index (χ0v) is 13.0. The zero-order chi connectivity index (χ0) is 18.0. The van der Waals surface area contributed by atoms with Gasteiger partial charge in [-0.05, 0) is 36.4 Å². The van der Waals surface area contributed by atoms with Crippen molar-refractivity contribution in [2.45, 2.75) is 19.1 Å². The average Bonchev–Trinajstić information content (AvgIpc) is 3.21. The Kier molecular flexibility index (Phi) is 4.52. The highest BCUT2D eigenvalue weighted by Crippen LogP contribution is 2.32. The van der Waals surface area contributed by atoms with Gasteiger partial charge in [0, 0.05) is 18.7 Å². The number of halogens is 3. The predicted octanol–water partition coefficient (Wildman–Crippen LogP) is 2.97. The van der Waals surface area contributed by atoms with Gasteiger partial charge < -0.3 is 14.6 Å². The Morgan fingerprint density at radius 3 is 2.56 bits per heavy atom. The third kappa shape index (κ3) is 3.84. The lowest BCUT2D eigenvalue weighted by atomic mass is 10.1. The maximum Gasteiger partial charge on any atom is 0.416 e. The van der Waals surface area contributed by atoms with Crippen molar-refractivity contribution in [2.75, 3.05) is 11.4 Å². The van der Waals surface area contributed by atoms with Crippen LogP contribution in [0.15, 0.2) is 47.1 Å². The van der Waals surface area contributed by atoms with Crippen LogP contribution in [-0.2, 0) is 22.3 Å². The third-order valence-electron chi connectivity index (χ3n) is 4.02. The Balaban J connectivity index is 1.63. The fourth-order valence-electron chi connectivity index (χ4n) is 2.69. The highest BCUT2D eigenvalue weighted by atomic mass is 19.4. The number of benzene rings is 1. The van der Waals surface area contributed by atoms with Crippen LogP contribution >= 0.6 is 0 Å². The molecule has 1 aliphatic rings. The van der Waals surface area contributed by atoms with E-state index in [2.05, 4.69) is 5.32 Å². The van der Waals surface area contributed by atoms with Gasteiger partial charge >= 0.3 is 6.18 Å². The Morgan fingerprint density at radius 1 is 1.24 bits per heavy atom. The molecule has 0 aliphatic carbocycles. The van der Waals surface area contributed by atoms with E-state index < -0.39 is 17.7 Å². The molecule has 2 amide bonds. The van der Waals surface area contributed by atoms with Crippen LogP contribution in [0.5, 0.6) is 0 Å². The largest absolute Gasteiger partial charge is 0.467 e. The number of carbonyl (C=O) groups excluding carboxylic acids is 2. The van der Waals surface area contributed by atoms with Crippen LogP contribution in [0.3, 0.4) is 0 Å². The number of hydrogen-bond acceptors (Lipinski definition) is 3. The molecule has 1 fully saturated rings. The van der Waals surface area contributed by atoms with Crippen molar-refractivity contribution < 1.29 is 27.2 Å². The molecule has 2 aromatic rings. The zero-order valence-electron chi connectivity index (χ0n) is 13.0. The topological polar surface area (TPSA) is 62.6 Å². The maximum absolute atomic E-state index is 12.6. The Hall–Kier alpha value is -2.77. The molecule has 1 atom stereocenters. The maximum atomic E-state index is 12.6. The van der Waals surface area contributed by atoms with E-state index in [1.54, 1.807) is 12.1 Å². The van der Waals surface area contributed by atoms with Gasteiger partial charge in [0.2, 0.25) is 11.8 Å². The van der Waals surface area contributed by atoms with E-state index in [1.165, 1.54) is 23.3 Å². The summed E-state index contributed by atoms with van der Waals surface area (Å²) >= 11 is 0. The Bertz CT molecular complexity index is 754. The van der Waals surface area contributed by atoms with E-state index in [-0.39, 0.29) is 31.3 Å². The second kappa shape index (κ2) is 6.62. The third-order valence-corrected chi connectivity index (χ3v) is 4.02. The highest BCUT2D eigenvalue weighted by Gasteiger charge is 2.36. The summed E-state index contributed by atoms with van der Waals surface area (Å²) in [6.45, 7) is 0.352. The first-order valence-electron chi connectivity index (χ1n) is 7.62. The van der Waals surface area contributed by atoms with Crippen molar-refractivity contribution in [3.8, 4) is 0 Å². The van der Waals surface area contributed by atoms with Crippen molar-refractivity contribution >= 4 is 17.5 Å². The molecular formula is C17H15F3N2O3. The van der Waals surface area contributed by atoms with Crippen LogP contribution in [-0.4, -0.2) is 18.4 Å². The summed E-state index contributed by atoms with van der Waals surface area (Å²) in [7, 11) is 0. The Morgan fingerprint density at radius 2 is 1.96 bits per heavy atom. The Labute approximate surface area is 141 Å². The molecular weight excluding hydrogens is 337 g/mol. The van der Waals surface area contributed by atoms with E-state index in [0.717, 1.165) is 12.1 Å². The molecule has 0 radical (unpaired) electrons. The van der Waals surface area contributed by atoms with Crippen molar-refractivity contribution in [1.29, 1.82) is 0 Å². The number of anilines is 1. The fraction of sp³-hybridized carbons (Fsp3) is 0.294. The molecule has 25 heavy (non-hydrogen) atoms. The summed E-state index contributed by atoms with van der Waals surface area (Å²) in [4.78, 5) is 25.6. The molecule has 1 aromatic carbocycles. The lowest BCUT2D eigenvalue weighted by Gasteiger charge is -2.17. The number of hydrogen-bond donors (Lipinski definition) is 1. The van der Waals surface area contributed by atoms with Gasteiger partial charge in [-0.1, -0.05) is 0 Å². The summed E-state index contributed by atoms with van der Waals surface area (Å²) in [6.07, 6.45) is -2.92. The van der Waals surface area contributed by atoms with E-state index >= 15 is 0 Å². The first kappa shape index (κ1) is 17.1. The lowest BCUT2D eigenvalue weighted by molar-refractivity contribution is -0.137. The second-order valence-corrected chi connectivity index (χ2v) is 5.75. The van der Waals surface area contributed by atoms with Crippen LogP contribution < -0.4 is 10.2 Å². The van der Waals surface area contributed by atoms with Crippen LogP contribution in [0.2, 0.25) is 0 Å². The summed E-state index contributed by atoms with van der Waals surface area (Å²) in [6, 6.07) is 7.75. The fourth-order valence-corrected chi connectivity index (χ4v) is 2.69. The monoisotopic (exact) mass is 352 g/mol. The molecule has 1 unspecified atom stereocenters. The molecule has 0 saturated carbocycles. The number of rotatable bonds is 4. The van der Waals surface area contributed by atoms with E-state index in [4.69, 9.17) is 4.42 Å². The summed E-state index contributed by atoms with van der Waals surface area (Å²) in [5.41, 5.74) is -0.435. The lowest BCUT2D eigenvalue weighted by Crippen LogP contribution is -2.32. The van der Waals surface area contributed by atoms with Gasteiger partial charge in [-0.2, -0.15) is 13.2 Å². The molecule has 3 rings (SSSR count). The minimum atomic E-state index is -4.43. The summed E-state index contributed by atoms with van der Waals surface area (Å²) < 4.78 is 42.9. The molecule has 1 aliphatic heterocycles. The van der Waals surface area contributed by atoms with Crippen molar-refractivity contribution in [1.82, 2.24) is 5.32 Å². The summed E-state index contributed by atoms with van der Waals surface area (Å²) in [5.74, 6) is -0.543. The molecule has 0 spiro atoms. The van der Waals surface area contributed by atoms with E-state index in [9.17, 15) is 22.8 Å². The van der Waals surface area contributed by atoms with Crippen LogP contribution in [0.4, 0.5) is 18.9 Å². The van der Waals surface area contributed by atoms with Gasteiger partial charge in [0.1, 0.15) is 5.76 Å². The molecule has 132 valence electrons. The first-order chi connectivity index (χ1) is 11.8. The van der Waals surface area contributed by atoms with Gasteiger partial charge in [0.25, 0.3) is 0 Å². The number of alkyl halides is 3. The van der Waals surface area contributed by atoms with Gasteiger partial charge in [0.05, 0.1) is 24.3 Å². The van der Waals surface area contributed by atoms with Gasteiger partial charge in [-0.3, -0.25) is 9.59 Å². The molecule has 0 bridgehead atoms. The normalized spacial score (nSPS) is 17.8. The number of nitrogens with one attached hydrogen (secondary N) is 1. The second-order valence-electron chi connectivity index (χ2n) is 5.75. The number of carbonyl (C=O) groups is 2. The minimum Gasteiger partial charge on any atom is -0.467 e. The molecule has 1 aromatic heterocycles. The first-order valence-corrected chi connectivity index (χ1v) is 7.62. The minimum absolute atomic E-state index is 0.0189. The standard InChI is InChI=1S/C17H15F3N2O3/c18-17(19,20)12-3-5-13(6-4-12)22-10-11(8-15(22)23)16(24)21-9-14-2-1-7-25-14/h1-7,11H,8-10H2,(H,21,24). The molecule has 1 saturated heterocycles. The average molecular weight is 352 g/mol. The van der Waals surface area contributed by atoms with Gasteiger partial charge in [-0.15, -0.1) is 0 Å². The van der Waals surface area contributed by atoms with Gasteiger partial charge in [0.15, 0.2) is 0 Å². The number of nitrogens with zero attached hydrogens (tertiary/aromatic N) is 1. The van der Waals surface area contributed by atoms with E-state index in [0.29, 0.717) is 11.4 Å². The van der Waals surface area contributed by atoms with Gasteiger partial charge in [-0.25, -0.2) is 0 Å². The predicted molar refractivity (Wildman–Crippen MR) is 82.5 cm³/mol. The number of furan rings is 1. The van der Waals surface area contributed by atoms with E-state index in [1.807, 2.05) is 0 Å². The molecule has 5 nitrogen and oxygen atoms in total.